The van der Waals surface area contributed by atoms with Crippen LogP contribution in [0.4, 0.5) is 0 Å². The minimum absolute atomic E-state index is 0.176. The van der Waals surface area contributed by atoms with E-state index in [9.17, 15) is 4.79 Å². The van der Waals surface area contributed by atoms with Gasteiger partial charge in [0, 0.05) is 12.2 Å². The van der Waals surface area contributed by atoms with Crippen molar-refractivity contribution >= 4 is 5.97 Å². The number of carboxylic acids is 1. The van der Waals surface area contributed by atoms with Crippen molar-refractivity contribution in [3.63, 3.8) is 0 Å². The Morgan fingerprint density at radius 2 is 2.00 bits per heavy atom. The predicted octanol–water partition coefficient (Wildman–Crippen LogP) is 0.761. The number of rotatable bonds is 6. The van der Waals surface area contributed by atoms with E-state index < -0.39 is 12.3 Å². The number of carboxylic acid groups (broad SMARTS) is 1. The first-order chi connectivity index (χ1) is 6.95. The topological polar surface area (TPSA) is 87.0 Å². The van der Waals surface area contributed by atoms with Crippen molar-refractivity contribution in [3.8, 4) is 0 Å². The van der Waals surface area contributed by atoms with Gasteiger partial charge in [-0.1, -0.05) is 19.9 Å². The molecule has 3 N–H and O–H groups in total. The molecule has 0 fully saturated rings. The van der Waals surface area contributed by atoms with Gasteiger partial charge < -0.3 is 20.1 Å². The Labute approximate surface area is 90.0 Å². The second-order valence-electron chi connectivity index (χ2n) is 2.95. The molecule has 0 bridgehead atoms. The number of hydrogen-bond donors (Lipinski definition) is 3. The number of hydrogen-bond acceptors (Lipinski definition) is 4. The smallest absolute Gasteiger partial charge is 0.330 e. The van der Waals surface area contributed by atoms with Gasteiger partial charge in [0.05, 0.1) is 6.61 Å². The van der Waals surface area contributed by atoms with Gasteiger partial charge in [0.1, 0.15) is 0 Å². The summed E-state index contributed by atoms with van der Waals surface area (Å²) in [5.41, 5.74) is 0.176. The van der Waals surface area contributed by atoms with Crippen LogP contribution >= 0.6 is 0 Å². The van der Waals surface area contributed by atoms with Crippen molar-refractivity contribution in [2.75, 3.05) is 13.2 Å². The van der Waals surface area contributed by atoms with Crippen LogP contribution < -0.4 is 0 Å². The van der Waals surface area contributed by atoms with Crippen LogP contribution in [0.15, 0.2) is 12.2 Å². The quantitative estimate of drug-likeness (QED) is 0.349. The molecule has 0 spiro atoms. The third kappa shape index (κ3) is 15.8. The number of unbranched alkanes of at least 4 members (excludes halogenated alkanes) is 1. The van der Waals surface area contributed by atoms with Crippen molar-refractivity contribution in [2.24, 2.45) is 0 Å². The minimum atomic E-state index is -0.989. The standard InChI is InChI=1S/C6H14O3.C4H6O2/c1-2-3-4-9-6(8)5-7;1-3(2)4(5)6/h6-8H,2-5H2,1H3;1H2,2H3,(H,5,6). The van der Waals surface area contributed by atoms with E-state index in [1.165, 1.54) is 6.92 Å². The van der Waals surface area contributed by atoms with E-state index in [-0.39, 0.29) is 12.2 Å². The highest BCUT2D eigenvalue weighted by Gasteiger charge is 1.98. The third-order valence-electron chi connectivity index (χ3n) is 1.33. The van der Waals surface area contributed by atoms with Crippen LogP contribution in [-0.2, 0) is 9.53 Å². The first kappa shape index (κ1) is 16.5. The Morgan fingerprint density at radius 1 is 1.53 bits per heavy atom. The lowest BCUT2D eigenvalue weighted by molar-refractivity contribution is -0.132. The maximum Gasteiger partial charge on any atom is 0.330 e. The van der Waals surface area contributed by atoms with Gasteiger partial charge in [-0.25, -0.2) is 4.79 Å². The zero-order valence-electron chi connectivity index (χ0n) is 9.27. The second-order valence-corrected chi connectivity index (χ2v) is 2.95. The lowest BCUT2D eigenvalue weighted by Gasteiger charge is -2.06. The fourth-order valence-electron chi connectivity index (χ4n) is 0.416. The van der Waals surface area contributed by atoms with Gasteiger partial charge in [0.15, 0.2) is 6.29 Å². The lowest BCUT2D eigenvalue weighted by Crippen LogP contribution is -2.16. The van der Waals surface area contributed by atoms with Crippen LogP contribution in [0.5, 0.6) is 0 Å². The fourth-order valence-corrected chi connectivity index (χ4v) is 0.416. The molecule has 5 heteroatoms. The summed E-state index contributed by atoms with van der Waals surface area (Å²) in [7, 11) is 0. The van der Waals surface area contributed by atoms with E-state index in [0.717, 1.165) is 12.8 Å². The molecule has 1 atom stereocenters. The van der Waals surface area contributed by atoms with Gasteiger partial charge in [-0.3, -0.25) is 0 Å². The van der Waals surface area contributed by atoms with Gasteiger partial charge in [-0.15, -0.1) is 0 Å². The van der Waals surface area contributed by atoms with Gasteiger partial charge in [-0.2, -0.15) is 0 Å². The van der Waals surface area contributed by atoms with Gasteiger partial charge >= 0.3 is 5.97 Å². The molecule has 0 saturated carbocycles. The average Bonchev–Trinajstić information content (AvgIpc) is 2.18. The molecule has 0 aromatic rings. The number of ether oxygens (including phenoxy) is 1. The van der Waals surface area contributed by atoms with Gasteiger partial charge in [0.25, 0.3) is 0 Å². The molecule has 0 amide bonds. The van der Waals surface area contributed by atoms with E-state index in [1.54, 1.807) is 0 Å². The maximum atomic E-state index is 9.60. The molecule has 0 aromatic heterocycles. The molecule has 15 heavy (non-hydrogen) atoms. The van der Waals surface area contributed by atoms with Crippen LogP contribution in [0.2, 0.25) is 0 Å². The molecule has 0 aliphatic carbocycles. The molecule has 0 rings (SSSR count). The molecule has 1 unspecified atom stereocenters. The predicted molar refractivity (Wildman–Crippen MR) is 56.4 cm³/mol. The van der Waals surface area contributed by atoms with Crippen molar-refractivity contribution in [2.45, 2.75) is 33.0 Å². The Balaban J connectivity index is 0. The van der Waals surface area contributed by atoms with E-state index >= 15 is 0 Å². The minimum Gasteiger partial charge on any atom is -0.478 e. The van der Waals surface area contributed by atoms with E-state index in [0.29, 0.717) is 6.61 Å². The van der Waals surface area contributed by atoms with Crippen molar-refractivity contribution in [1.29, 1.82) is 0 Å². The molecule has 0 heterocycles. The highest BCUT2D eigenvalue weighted by atomic mass is 16.6. The van der Waals surface area contributed by atoms with Crippen LogP contribution in [0, 0.1) is 0 Å². The Morgan fingerprint density at radius 3 is 2.27 bits per heavy atom. The molecule has 0 saturated heterocycles. The van der Waals surface area contributed by atoms with Crippen molar-refractivity contribution in [3.05, 3.63) is 12.2 Å². The number of carbonyl (C=O) groups is 1. The maximum absolute atomic E-state index is 9.60. The summed E-state index contributed by atoms with van der Waals surface area (Å²) in [4.78, 5) is 9.60. The molecule has 90 valence electrons. The van der Waals surface area contributed by atoms with Crippen molar-refractivity contribution < 1.29 is 24.9 Å². The molecule has 0 aliphatic rings. The van der Waals surface area contributed by atoms with Crippen LogP contribution in [0.25, 0.3) is 0 Å². The number of aliphatic hydroxyl groups is 2. The van der Waals surface area contributed by atoms with E-state index in [2.05, 4.69) is 6.58 Å². The molecule has 0 aliphatic heterocycles. The third-order valence-corrected chi connectivity index (χ3v) is 1.33. The first-order valence-corrected chi connectivity index (χ1v) is 4.75. The molecule has 0 radical (unpaired) electrons. The summed E-state index contributed by atoms with van der Waals surface area (Å²) in [6, 6.07) is 0. The number of aliphatic hydroxyl groups excluding tert-OH is 2. The SMILES string of the molecule is C=C(C)C(=O)O.CCCCOC(O)CO. The van der Waals surface area contributed by atoms with Gasteiger partial charge in [0.2, 0.25) is 0 Å². The zero-order valence-corrected chi connectivity index (χ0v) is 9.27. The molecule has 0 aromatic carbocycles. The Bertz CT molecular complexity index is 167. The molecular formula is C10H20O5. The monoisotopic (exact) mass is 220 g/mol. The van der Waals surface area contributed by atoms with Crippen molar-refractivity contribution in [1.82, 2.24) is 0 Å². The summed E-state index contributed by atoms with van der Waals surface area (Å²) in [6.45, 7) is 6.85. The van der Waals surface area contributed by atoms with Crippen LogP contribution in [0.1, 0.15) is 26.7 Å². The number of aliphatic carboxylic acids is 1. The molecular weight excluding hydrogens is 200 g/mol. The highest BCUT2D eigenvalue weighted by molar-refractivity contribution is 5.84. The summed E-state index contributed by atoms with van der Waals surface area (Å²) >= 11 is 0. The van der Waals surface area contributed by atoms with Crippen LogP contribution in [-0.4, -0.2) is 40.8 Å². The van der Waals surface area contributed by atoms with Gasteiger partial charge in [-0.05, 0) is 13.3 Å². The molecule has 5 nitrogen and oxygen atoms in total. The summed E-state index contributed by atoms with van der Waals surface area (Å²) in [6.07, 6.45) is 0.978. The highest BCUT2D eigenvalue weighted by Crippen LogP contribution is 1.90. The lowest BCUT2D eigenvalue weighted by atomic mass is 10.4. The Kier molecular flexibility index (Phi) is 12.3. The van der Waals surface area contributed by atoms with E-state index in [4.69, 9.17) is 20.1 Å². The summed E-state index contributed by atoms with van der Waals surface area (Å²) in [5.74, 6) is -0.935. The zero-order chi connectivity index (χ0) is 12.3. The summed E-state index contributed by atoms with van der Waals surface area (Å²) < 4.78 is 4.74. The fraction of sp³-hybridized carbons (Fsp3) is 0.700. The second kappa shape index (κ2) is 11.2. The van der Waals surface area contributed by atoms with E-state index in [1.807, 2.05) is 6.92 Å². The summed E-state index contributed by atoms with van der Waals surface area (Å²) in [5, 5.41) is 24.8. The largest absolute Gasteiger partial charge is 0.478 e. The first-order valence-electron chi connectivity index (χ1n) is 4.75. The normalized spacial score (nSPS) is 11.2. The van der Waals surface area contributed by atoms with Crippen LogP contribution in [0.3, 0.4) is 0 Å². The Hall–Kier alpha value is -0.910. The average molecular weight is 220 g/mol.